The van der Waals surface area contributed by atoms with Crippen LogP contribution in [0.25, 0.3) is 0 Å². The average molecular weight is 255 g/mol. The third kappa shape index (κ3) is 2.27. The molecule has 2 nitrogen and oxygen atoms in total. The molecule has 2 rings (SSSR count). The zero-order valence-corrected chi connectivity index (χ0v) is 9.70. The van der Waals surface area contributed by atoms with Crippen molar-refractivity contribution in [3.8, 4) is 0 Å². The topological polar surface area (TPSA) is 38.9 Å². The molecule has 0 aliphatic heterocycles. The third-order valence-electron chi connectivity index (χ3n) is 2.93. The van der Waals surface area contributed by atoms with Gasteiger partial charge in [0.15, 0.2) is 0 Å². The second kappa shape index (κ2) is 4.30. The van der Waals surface area contributed by atoms with Gasteiger partial charge in [-0.2, -0.15) is 0 Å². The summed E-state index contributed by atoms with van der Waals surface area (Å²) in [6.07, 6.45) is 8.61. The molecule has 1 saturated carbocycles. The van der Waals surface area contributed by atoms with Gasteiger partial charge in [0.25, 0.3) is 0 Å². The predicted molar refractivity (Wildman–Crippen MR) is 62.4 cm³/mol. The van der Waals surface area contributed by atoms with Gasteiger partial charge < -0.3 is 5.73 Å². The normalized spacial score (nSPS) is 26.6. The number of nitrogen functional groups attached to an aromatic ring is 1. The van der Waals surface area contributed by atoms with Crippen LogP contribution in [0.3, 0.4) is 0 Å². The van der Waals surface area contributed by atoms with Crippen molar-refractivity contribution in [1.29, 1.82) is 0 Å². The van der Waals surface area contributed by atoms with Gasteiger partial charge in [-0.1, -0.05) is 15.9 Å². The van der Waals surface area contributed by atoms with Crippen LogP contribution in [0.15, 0.2) is 18.5 Å². The van der Waals surface area contributed by atoms with Crippen LogP contribution in [0, 0.1) is 5.92 Å². The van der Waals surface area contributed by atoms with E-state index in [1.807, 2.05) is 12.3 Å². The number of hydrogen-bond donors (Lipinski definition) is 1. The molecule has 2 N–H and O–H groups in total. The van der Waals surface area contributed by atoms with Gasteiger partial charge in [-0.25, -0.2) is 0 Å². The lowest BCUT2D eigenvalue weighted by atomic mass is 9.98. The van der Waals surface area contributed by atoms with Gasteiger partial charge in [-0.05, 0) is 43.2 Å². The lowest BCUT2D eigenvalue weighted by molar-refractivity contribution is 0.548. The molecule has 0 saturated heterocycles. The molecule has 0 amide bonds. The summed E-state index contributed by atoms with van der Waals surface area (Å²) >= 11 is 3.66. The van der Waals surface area contributed by atoms with E-state index in [1.165, 1.54) is 24.8 Å². The first-order chi connectivity index (χ1) is 6.75. The largest absolute Gasteiger partial charge is 0.398 e. The van der Waals surface area contributed by atoms with E-state index in [2.05, 4.69) is 20.9 Å². The number of nitrogens with zero attached hydrogens (tertiary/aromatic N) is 1. The molecular weight excluding hydrogens is 240 g/mol. The van der Waals surface area contributed by atoms with Gasteiger partial charge in [0.1, 0.15) is 0 Å². The summed E-state index contributed by atoms with van der Waals surface area (Å²) in [6, 6.07) is 1.88. The highest BCUT2D eigenvalue weighted by Crippen LogP contribution is 2.33. The Morgan fingerprint density at radius 2 is 2.36 bits per heavy atom. The molecule has 1 aliphatic carbocycles. The van der Waals surface area contributed by atoms with Crippen molar-refractivity contribution in [3.63, 3.8) is 0 Å². The van der Waals surface area contributed by atoms with E-state index in [0.717, 1.165) is 18.0 Å². The average Bonchev–Trinajstić information content (AvgIpc) is 2.56. The number of aromatic nitrogens is 1. The van der Waals surface area contributed by atoms with Crippen molar-refractivity contribution in [3.05, 3.63) is 24.0 Å². The number of hydrogen-bond acceptors (Lipinski definition) is 2. The van der Waals surface area contributed by atoms with Crippen molar-refractivity contribution in [1.82, 2.24) is 4.98 Å². The molecule has 1 heterocycles. The molecule has 0 bridgehead atoms. The molecule has 1 aromatic rings. The minimum atomic E-state index is 0.713. The predicted octanol–water partition coefficient (Wildman–Crippen LogP) is 2.77. The number of pyridine rings is 1. The second-order valence-corrected chi connectivity index (χ2v) is 5.35. The Hall–Kier alpha value is -0.570. The molecule has 0 aromatic carbocycles. The van der Waals surface area contributed by atoms with Crippen LogP contribution in [-0.2, 0) is 6.42 Å². The highest BCUT2D eigenvalue weighted by Gasteiger charge is 2.23. The Morgan fingerprint density at radius 3 is 3.00 bits per heavy atom. The maximum absolute atomic E-state index is 5.88. The summed E-state index contributed by atoms with van der Waals surface area (Å²) in [5.74, 6) is 0.783. The zero-order chi connectivity index (χ0) is 9.97. The summed E-state index contributed by atoms with van der Waals surface area (Å²) in [4.78, 5) is 4.83. The zero-order valence-electron chi connectivity index (χ0n) is 8.12. The fourth-order valence-electron chi connectivity index (χ4n) is 2.12. The van der Waals surface area contributed by atoms with Gasteiger partial charge in [0, 0.05) is 22.9 Å². The van der Waals surface area contributed by atoms with E-state index < -0.39 is 0 Å². The van der Waals surface area contributed by atoms with Gasteiger partial charge in [-0.15, -0.1) is 0 Å². The first-order valence-electron chi connectivity index (χ1n) is 5.08. The highest BCUT2D eigenvalue weighted by atomic mass is 79.9. The third-order valence-corrected chi connectivity index (χ3v) is 3.76. The van der Waals surface area contributed by atoms with Crippen molar-refractivity contribution >= 4 is 21.6 Å². The fourth-order valence-corrected chi connectivity index (χ4v) is 2.91. The number of nitrogens with two attached hydrogens (primary N) is 1. The molecule has 0 spiro atoms. The summed E-state index contributed by atoms with van der Waals surface area (Å²) in [5.41, 5.74) is 7.98. The number of anilines is 1. The first kappa shape index (κ1) is 9.97. The van der Waals surface area contributed by atoms with E-state index in [9.17, 15) is 0 Å². The van der Waals surface area contributed by atoms with E-state index in [1.54, 1.807) is 6.20 Å². The van der Waals surface area contributed by atoms with Crippen LogP contribution in [0.4, 0.5) is 5.69 Å². The van der Waals surface area contributed by atoms with Crippen LogP contribution in [-0.4, -0.2) is 9.81 Å². The maximum atomic E-state index is 5.88. The molecule has 3 heteroatoms. The standard InChI is InChI=1S/C11H15BrN2/c12-10-2-1-8(6-10)5-9-7-14-4-3-11(9)13/h3-4,7-8,10H,1-2,5-6H2,(H2,13,14). The molecule has 0 radical (unpaired) electrons. The number of halogens is 1. The van der Waals surface area contributed by atoms with Gasteiger partial charge >= 0.3 is 0 Å². The minimum absolute atomic E-state index is 0.713. The molecule has 2 atom stereocenters. The SMILES string of the molecule is Nc1ccncc1CC1CCC(Br)C1. The Labute approximate surface area is 93.0 Å². The highest BCUT2D eigenvalue weighted by molar-refractivity contribution is 9.09. The molecular formula is C11H15BrN2. The maximum Gasteiger partial charge on any atom is 0.0377 e. The lowest BCUT2D eigenvalue weighted by Crippen LogP contribution is -2.03. The van der Waals surface area contributed by atoms with Gasteiger partial charge in [0.05, 0.1) is 0 Å². The van der Waals surface area contributed by atoms with Crippen LogP contribution in [0.1, 0.15) is 24.8 Å². The molecule has 76 valence electrons. The summed E-state index contributed by atoms with van der Waals surface area (Å²) in [5, 5.41) is 0. The van der Waals surface area contributed by atoms with E-state index in [4.69, 9.17) is 5.73 Å². The van der Waals surface area contributed by atoms with Crippen LogP contribution >= 0.6 is 15.9 Å². The second-order valence-electron chi connectivity index (χ2n) is 4.05. The Bertz CT molecular complexity index is 314. The lowest BCUT2D eigenvalue weighted by Gasteiger charge is -2.10. The molecule has 1 aliphatic rings. The van der Waals surface area contributed by atoms with Crippen molar-refractivity contribution in [2.75, 3.05) is 5.73 Å². The Kier molecular flexibility index (Phi) is 3.06. The Morgan fingerprint density at radius 1 is 1.50 bits per heavy atom. The summed E-state index contributed by atoms with van der Waals surface area (Å²) in [7, 11) is 0. The smallest absolute Gasteiger partial charge is 0.0377 e. The summed E-state index contributed by atoms with van der Waals surface area (Å²) < 4.78 is 0. The van der Waals surface area contributed by atoms with Crippen molar-refractivity contribution in [2.45, 2.75) is 30.5 Å². The molecule has 2 unspecified atom stereocenters. The molecule has 1 aromatic heterocycles. The van der Waals surface area contributed by atoms with E-state index in [-0.39, 0.29) is 0 Å². The number of rotatable bonds is 2. The quantitative estimate of drug-likeness (QED) is 0.825. The van der Waals surface area contributed by atoms with Crippen LogP contribution in [0.2, 0.25) is 0 Å². The van der Waals surface area contributed by atoms with Gasteiger partial charge in [0.2, 0.25) is 0 Å². The van der Waals surface area contributed by atoms with Crippen molar-refractivity contribution in [2.24, 2.45) is 5.92 Å². The van der Waals surface area contributed by atoms with Crippen LogP contribution in [0.5, 0.6) is 0 Å². The summed E-state index contributed by atoms with van der Waals surface area (Å²) in [6.45, 7) is 0. The Balaban J connectivity index is 2.01. The van der Waals surface area contributed by atoms with Gasteiger partial charge in [-0.3, -0.25) is 4.98 Å². The number of alkyl halides is 1. The van der Waals surface area contributed by atoms with Crippen molar-refractivity contribution < 1.29 is 0 Å². The molecule has 1 fully saturated rings. The minimum Gasteiger partial charge on any atom is -0.398 e. The monoisotopic (exact) mass is 254 g/mol. The fraction of sp³-hybridized carbons (Fsp3) is 0.545. The first-order valence-corrected chi connectivity index (χ1v) is 5.99. The molecule has 14 heavy (non-hydrogen) atoms. The van der Waals surface area contributed by atoms with Crippen LogP contribution < -0.4 is 5.73 Å². The van der Waals surface area contributed by atoms with E-state index >= 15 is 0 Å². The van der Waals surface area contributed by atoms with E-state index in [0.29, 0.717) is 4.83 Å².